The molecule has 0 spiro atoms. The van der Waals surface area contributed by atoms with Crippen molar-refractivity contribution in [1.82, 2.24) is 25.2 Å². The molecule has 0 radical (unpaired) electrons. The van der Waals surface area contributed by atoms with Gasteiger partial charge in [-0.05, 0) is 12.3 Å². The van der Waals surface area contributed by atoms with Gasteiger partial charge in [0.2, 0.25) is 0 Å². The molecule has 1 fully saturated rings. The third-order valence-electron chi connectivity index (χ3n) is 3.25. The SMILES string of the molecule is CC(C)CCNC(=O)N1CC(n2cc(C(=O)O)nn2)C1. The summed E-state index contributed by atoms with van der Waals surface area (Å²) in [4.78, 5) is 24.1. The number of carbonyl (C=O) groups is 2. The van der Waals surface area contributed by atoms with E-state index in [-0.39, 0.29) is 17.8 Å². The van der Waals surface area contributed by atoms with Gasteiger partial charge >= 0.3 is 12.0 Å². The molecule has 0 unspecified atom stereocenters. The number of aromatic carboxylic acids is 1. The molecule has 2 N–H and O–H groups in total. The summed E-state index contributed by atoms with van der Waals surface area (Å²) in [6, 6.07) is -0.0769. The molecule has 110 valence electrons. The lowest BCUT2D eigenvalue weighted by atomic mass is 10.1. The summed E-state index contributed by atoms with van der Waals surface area (Å²) in [7, 11) is 0. The molecule has 1 saturated heterocycles. The van der Waals surface area contributed by atoms with Crippen LogP contribution in [0.3, 0.4) is 0 Å². The number of rotatable bonds is 5. The van der Waals surface area contributed by atoms with Gasteiger partial charge < -0.3 is 15.3 Å². The standard InChI is InChI=1S/C12H19N5O3/c1-8(2)3-4-13-12(20)16-5-9(6-16)17-7-10(11(18)19)14-15-17/h7-9H,3-6H2,1-2H3,(H,13,20)(H,18,19). The van der Waals surface area contributed by atoms with Crippen LogP contribution in [-0.2, 0) is 0 Å². The highest BCUT2D eigenvalue weighted by molar-refractivity contribution is 5.84. The Morgan fingerprint density at radius 1 is 1.50 bits per heavy atom. The molecule has 1 aromatic rings. The summed E-state index contributed by atoms with van der Waals surface area (Å²) < 4.78 is 1.50. The van der Waals surface area contributed by atoms with Crippen molar-refractivity contribution in [1.29, 1.82) is 0 Å². The first-order valence-electron chi connectivity index (χ1n) is 6.65. The Kier molecular flexibility index (Phi) is 4.21. The van der Waals surface area contributed by atoms with Gasteiger partial charge in [-0.15, -0.1) is 5.10 Å². The van der Waals surface area contributed by atoms with E-state index in [0.29, 0.717) is 25.6 Å². The summed E-state index contributed by atoms with van der Waals surface area (Å²) in [5.74, 6) is -0.539. The number of hydrogen-bond donors (Lipinski definition) is 2. The van der Waals surface area contributed by atoms with Crippen LogP contribution in [0.5, 0.6) is 0 Å². The minimum absolute atomic E-state index is 0.00597. The number of nitrogens with zero attached hydrogens (tertiary/aromatic N) is 4. The van der Waals surface area contributed by atoms with E-state index in [9.17, 15) is 9.59 Å². The minimum Gasteiger partial charge on any atom is -0.476 e. The van der Waals surface area contributed by atoms with Gasteiger partial charge in [0.05, 0.1) is 12.2 Å². The van der Waals surface area contributed by atoms with Gasteiger partial charge in [0.1, 0.15) is 0 Å². The predicted octanol–water partition coefficient (Wildman–Crippen LogP) is 0.589. The zero-order valence-corrected chi connectivity index (χ0v) is 11.6. The van der Waals surface area contributed by atoms with E-state index in [1.165, 1.54) is 10.9 Å². The maximum Gasteiger partial charge on any atom is 0.358 e. The molecular weight excluding hydrogens is 262 g/mol. The third kappa shape index (κ3) is 3.25. The molecule has 1 aliphatic heterocycles. The topological polar surface area (TPSA) is 100 Å². The summed E-state index contributed by atoms with van der Waals surface area (Å²) in [5.41, 5.74) is -0.0789. The molecule has 2 heterocycles. The highest BCUT2D eigenvalue weighted by atomic mass is 16.4. The van der Waals surface area contributed by atoms with E-state index in [0.717, 1.165) is 6.42 Å². The van der Waals surface area contributed by atoms with Crippen LogP contribution >= 0.6 is 0 Å². The Bertz CT molecular complexity index is 493. The molecule has 0 saturated carbocycles. The smallest absolute Gasteiger partial charge is 0.358 e. The lowest BCUT2D eigenvalue weighted by Crippen LogP contribution is -2.54. The van der Waals surface area contributed by atoms with Gasteiger partial charge in [-0.1, -0.05) is 19.1 Å². The van der Waals surface area contributed by atoms with Crippen molar-refractivity contribution >= 4 is 12.0 Å². The first-order chi connectivity index (χ1) is 9.47. The first kappa shape index (κ1) is 14.3. The Hall–Kier alpha value is -2.12. The molecule has 1 aliphatic rings. The van der Waals surface area contributed by atoms with Crippen LogP contribution in [-0.4, -0.2) is 56.6 Å². The van der Waals surface area contributed by atoms with E-state index in [1.54, 1.807) is 4.90 Å². The number of amides is 2. The van der Waals surface area contributed by atoms with Crippen LogP contribution < -0.4 is 5.32 Å². The Morgan fingerprint density at radius 2 is 2.20 bits per heavy atom. The van der Waals surface area contributed by atoms with Crippen molar-refractivity contribution in [3.8, 4) is 0 Å². The zero-order chi connectivity index (χ0) is 14.7. The maximum absolute atomic E-state index is 11.8. The highest BCUT2D eigenvalue weighted by Gasteiger charge is 2.33. The number of nitrogens with one attached hydrogen (secondary N) is 1. The summed E-state index contributed by atoms with van der Waals surface area (Å²) in [6.45, 7) is 5.93. The molecule has 20 heavy (non-hydrogen) atoms. The quantitative estimate of drug-likeness (QED) is 0.822. The van der Waals surface area contributed by atoms with Crippen LogP contribution in [0.15, 0.2) is 6.20 Å². The van der Waals surface area contributed by atoms with E-state index in [2.05, 4.69) is 29.5 Å². The normalized spacial score (nSPS) is 15.2. The molecular formula is C12H19N5O3. The lowest BCUT2D eigenvalue weighted by molar-refractivity contribution is 0.0690. The van der Waals surface area contributed by atoms with Crippen LogP contribution in [0.2, 0.25) is 0 Å². The number of carbonyl (C=O) groups excluding carboxylic acids is 1. The van der Waals surface area contributed by atoms with Gasteiger partial charge in [0, 0.05) is 19.6 Å². The third-order valence-corrected chi connectivity index (χ3v) is 3.25. The Labute approximate surface area is 116 Å². The fraction of sp³-hybridized carbons (Fsp3) is 0.667. The van der Waals surface area contributed by atoms with Crippen molar-refractivity contribution in [2.75, 3.05) is 19.6 Å². The molecule has 2 amide bonds. The molecule has 0 atom stereocenters. The van der Waals surface area contributed by atoms with E-state index >= 15 is 0 Å². The number of hydrogen-bond acceptors (Lipinski definition) is 4. The monoisotopic (exact) mass is 281 g/mol. The summed E-state index contributed by atoms with van der Waals surface area (Å²) in [5, 5.41) is 18.9. The Morgan fingerprint density at radius 3 is 2.75 bits per heavy atom. The lowest BCUT2D eigenvalue weighted by Gasteiger charge is -2.38. The number of carboxylic acid groups (broad SMARTS) is 1. The van der Waals surface area contributed by atoms with E-state index < -0.39 is 5.97 Å². The van der Waals surface area contributed by atoms with Gasteiger partial charge in [-0.2, -0.15) is 0 Å². The molecule has 0 aromatic carbocycles. The van der Waals surface area contributed by atoms with Gasteiger partial charge in [0.15, 0.2) is 5.69 Å². The molecule has 8 nitrogen and oxygen atoms in total. The van der Waals surface area contributed by atoms with Crippen molar-refractivity contribution in [3.05, 3.63) is 11.9 Å². The molecule has 8 heteroatoms. The molecule has 0 aliphatic carbocycles. The average molecular weight is 281 g/mol. The van der Waals surface area contributed by atoms with Crippen LogP contribution in [0, 0.1) is 5.92 Å². The second kappa shape index (κ2) is 5.89. The minimum atomic E-state index is -1.10. The zero-order valence-electron chi connectivity index (χ0n) is 11.6. The van der Waals surface area contributed by atoms with E-state index in [1.807, 2.05) is 0 Å². The predicted molar refractivity (Wildman–Crippen MR) is 70.4 cm³/mol. The molecule has 1 aromatic heterocycles. The van der Waals surface area contributed by atoms with Gasteiger partial charge in [-0.3, -0.25) is 0 Å². The second-order valence-corrected chi connectivity index (χ2v) is 5.36. The Balaban J connectivity index is 1.76. The van der Waals surface area contributed by atoms with Gasteiger partial charge in [0.25, 0.3) is 0 Å². The van der Waals surface area contributed by atoms with E-state index in [4.69, 9.17) is 5.11 Å². The molecule has 2 rings (SSSR count). The summed E-state index contributed by atoms with van der Waals surface area (Å²) >= 11 is 0. The van der Waals surface area contributed by atoms with Crippen molar-refractivity contribution in [2.45, 2.75) is 26.3 Å². The van der Waals surface area contributed by atoms with Crippen LogP contribution in [0.4, 0.5) is 4.79 Å². The number of urea groups is 1. The number of aromatic nitrogens is 3. The van der Waals surface area contributed by atoms with Crippen LogP contribution in [0.1, 0.15) is 36.8 Å². The fourth-order valence-corrected chi connectivity index (χ4v) is 1.92. The van der Waals surface area contributed by atoms with Crippen LogP contribution in [0.25, 0.3) is 0 Å². The largest absolute Gasteiger partial charge is 0.476 e. The number of carboxylic acids is 1. The fourth-order valence-electron chi connectivity index (χ4n) is 1.92. The first-order valence-corrected chi connectivity index (χ1v) is 6.65. The number of likely N-dealkylation sites (tertiary alicyclic amines) is 1. The summed E-state index contributed by atoms with van der Waals surface area (Å²) in [6.07, 6.45) is 2.34. The van der Waals surface area contributed by atoms with Crippen molar-refractivity contribution < 1.29 is 14.7 Å². The van der Waals surface area contributed by atoms with Crippen molar-refractivity contribution in [3.63, 3.8) is 0 Å². The molecule has 0 bridgehead atoms. The maximum atomic E-state index is 11.8. The average Bonchev–Trinajstić information content (AvgIpc) is 2.75. The van der Waals surface area contributed by atoms with Gasteiger partial charge in [-0.25, -0.2) is 14.3 Å². The highest BCUT2D eigenvalue weighted by Crippen LogP contribution is 2.20. The van der Waals surface area contributed by atoms with Crippen molar-refractivity contribution in [2.24, 2.45) is 5.92 Å². The second-order valence-electron chi connectivity index (χ2n) is 5.36.